The average Bonchev–Trinajstić information content (AvgIpc) is 2.26. The maximum absolute atomic E-state index is 11.9. The number of carbonyl (C=O) groups is 1. The third-order valence-corrected chi connectivity index (χ3v) is 3.11. The number of likely N-dealkylation sites (N-methyl/N-ethyl adjacent to an activating group) is 2. The van der Waals surface area contributed by atoms with Crippen LogP contribution in [0.25, 0.3) is 0 Å². The van der Waals surface area contributed by atoms with Crippen LogP contribution in [-0.2, 0) is 4.79 Å². The van der Waals surface area contributed by atoms with Gasteiger partial charge in [-0.05, 0) is 20.1 Å². The van der Waals surface area contributed by atoms with Crippen LogP contribution < -0.4 is 0 Å². The van der Waals surface area contributed by atoms with E-state index in [1.165, 1.54) is 0 Å². The molecule has 0 aromatic heterocycles. The number of piperazine rings is 1. The first-order chi connectivity index (χ1) is 7.17. The Bertz CT molecular complexity index is 196. The van der Waals surface area contributed by atoms with Gasteiger partial charge in [-0.3, -0.25) is 9.69 Å². The molecule has 88 valence electrons. The molecule has 1 fully saturated rings. The number of carbonyl (C=O) groups excluding carboxylic acids is 1. The molecule has 1 rings (SSSR count). The number of amides is 1. The quantitative estimate of drug-likeness (QED) is 0.663. The van der Waals surface area contributed by atoms with E-state index in [0.29, 0.717) is 6.54 Å². The molecular formula is C11H23N3O. The lowest BCUT2D eigenvalue weighted by Gasteiger charge is -2.33. The Labute approximate surface area is 92.8 Å². The molecule has 1 aliphatic heterocycles. The van der Waals surface area contributed by atoms with Crippen molar-refractivity contribution in [3.8, 4) is 0 Å². The van der Waals surface area contributed by atoms with Gasteiger partial charge in [-0.15, -0.1) is 0 Å². The second kappa shape index (κ2) is 6.08. The Kier molecular flexibility index (Phi) is 5.05. The normalized spacial score (nSPS) is 18.5. The standard InChI is InChI=1S/C11H23N3O/c1-4-13(5-2)10-11(15)14-8-6-12(3)7-9-14/h4-10H2,1-3H3. The van der Waals surface area contributed by atoms with E-state index >= 15 is 0 Å². The molecule has 0 aromatic carbocycles. The molecule has 0 radical (unpaired) electrons. The smallest absolute Gasteiger partial charge is 0.236 e. The summed E-state index contributed by atoms with van der Waals surface area (Å²) in [5.74, 6) is 0.284. The lowest BCUT2D eigenvalue weighted by atomic mass is 10.3. The summed E-state index contributed by atoms with van der Waals surface area (Å²) in [6.07, 6.45) is 0. The van der Waals surface area contributed by atoms with Crippen LogP contribution >= 0.6 is 0 Å². The average molecular weight is 213 g/mol. The minimum Gasteiger partial charge on any atom is -0.339 e. The summed E-state index contributed by atoms with van der Waals surface area (Å²) in [4.78, 5) is 18.3. The summed E-state index contributed by atoms with van der Waals surface area (Å²) in [6, 6.07) is 0. The van der Waals surface area contributed by atoms with Gasteiger partial charge in [-0.1, -0.05) is 13.8 Å². The Morgan fingerprint density at radius 1 is 1.13 bits per heavy atom. The Balaban J connectivity index is 2.33. The molecular weight excluding hydrogens is 190 g/mol. The number of hydrogen-bond acceptors (Lipinski definition) is 3. The highest BCUT2D eigenvalue weighted by molar-refractivity contribution is 5.78. The summed E-state index contributed by atoms with van der Waals surface area (Å²) in [7, 11) is 2.10. The van der Waals surface area contributed by atoms with Gasteiger partial charge < -0.3 is 9.80 Å². The molecule has 0 N–H and O–H groups in total. The van der Waals surface area contributed by atoms with E-state index in [9.17, 15) is 4.79 Å². The molecule has 15 heavy (non-hydrogen) atoms. The Morgan fingerprint density at radius 2 is 1.67 bits per heavy atom. The van der Waals surface area contributed by atoms with Crippen LogP contribution in [0.3, 0.4) is 0 Å². The topological polar surface area (TPSA) is 26.8 Å². The van der Waals surface area contributed by atoms with Gasteiger partial charge in [0.1, 0.15) is 0 Å². The molecule has 1 heterocycles. The summed E-state index contributed by atoms with van der Waals surface area (Å²) in [6.45, 7) is 10.5. The zero-order chi connectivity index (χ0) is 11.3. The molecule has 0 bridgehead atoms. The summed E-state index contributed by atoms with van der Waals surface area (Å²) < 4.78 is 0. The zero-order valence-corrected chi connectivity index (χ0v) is 10.2. The molecule has 0 aliphatic carbocycles. The van der Waals surface area contributed by atoms with Gasteiger partial charge in [-0.2, -0.15) is 0 Å². The van der Waals surface area contributed by atoms with Gasteiger partial charge in [0, 0.05) is 26.2 Å². The monoisotopic (exact) mass is 213 g/mol. The van der Waals surface area contributed by atoms with Crippen LogP contribution in [-0.4, -0.2) is 73.5 Å². The predicted molar refractivity (Wildman–Crippen MR) is 61.9 cm³/mol. The van der Waals surface area contributed by atoms with Crippen LogP contribution in [0, 0.1) is 0 Å². The summed E-state index contributed by atoms with van der Waals surface area (Å²) in [5.41, 5.74) is 0. The lowest BCUT2D eigenvalue weighted by Crippen LogP contribution is -2.50. The first-order valence-corrected chi connectivity index (χ1v) is 5.86. The van der Waals surface area contributed by atoms with Crippen LogP contribution in [0.15, 0.2) is 0 Å². The second-order valence-electron chi connectivity index (χ2n) is 4.15. The fraction of sp³-hybridized carbons (Fsp3) is 0.909. The first kappa shape index (κ1) is 12.5. The van der Waals surface area contributed by atoms with E-state index in [0.717, 1.165) is 39.3 Å². The van der Waals surface area contributed by atoms with Crippen molar-refractivity contribution in [2.75, 3.05) is 52.9 Å². The van der Waals surface area contributed by atoms with Crippen molar-refractivity contribution in [3.05, 3.63) is 0 Å². The fourth-order valence-electron chi connectivity index (χ4n) is 1.79. The van der Waals surface area contributed by atoms with Crippen molar-refractivity contribution in [3.63, 3.8) is 0 Å². The largest absolute Gasteiger partial charge is 0.339 e. The fourth-order valence-corrected chi connectivity index (χ4v) is 1.79. The number of nitrogens with zero attached hydrogens (tertiary/aromatic N) is 3. The molecule has 0 atom stereocenters. The van der Waals surface area contributed by atoms with Crippen molar-refractivity contribution >= 4 is 5.91 Å². The molecule has 1 aliphatic rings. The van der Waals surface area contributed by atoms with Gasteiger partial charge >= 0.3 is 0 Å². The van der Waals surface area contributed by atoms with Crippen molar-refractivity contribution < 1.29 is 4.79 Å². The SMILES string of the molecule is CCN(CC)CC(=O)N1CCN(C)CC1. The molecule has 1 amide bonds. The van der Waals surface area contributed by atoms with E-state index in [4.69, 9.17) is 0 Å². The lowest BCUT2D eigenvalue weighted by molar-refractivity contribution is -0.133. The minimum absolute atomic E-state index is 0.284. The Morgan fingerprint density at radius 3 is 2.13 bits per heavy atom. The van der Waals surface area contributed by atoms with Crippen LogP contribution in [0.2, 0.25) is 0 Å². The number of hydrogen-bond donors (Lipinski definition) is 0. The zero-order valence-electron chi connectivity index (χ0n) is 10.2. The summed E-state index contributed by atoms with van der Waals surface area (Å²) in [5, 5.41) is 0. The minimum atomic E-state index is 0.284. The van der Waals surface area contributed by atoms with Gasteiger partial charge in [0.25, 0.3) is 0 Å². The highest BCUT2D eigenvalue weighted by Gasteiger charge is 2.19. The van der Waals surface area contributed by atoms with Gasteiger partial charge in [0.2, 0.25) is 5.91 Å². The van der Waals surface area contributed by atoms with Crippen molar-refractivity contribution in [2.45, 2.75) is 13.8 Å². The molecule has 4 nitrogen and oxygen atoms in total. The second-order valence-corrected chi connectivity index (χ2v) is 4.15. The van der Waals surface area contributed by atoms with Gasteiger partial charge in [0.05, 0.1) is 6.54 Å². The Hall–Kier alpha value is -0.610. The van der Waals surface area contributed by atoms with E-state index in [-0.39, 0.29) is 5.91 Å². The molecule has 0 aromatic rings. The van der Waals surface area contributed by atoms with Crippen molar-refractivity contribution in [1.82, 2.24) is 14.7 Å². The molecule has 0 spiro atoms. The van der Waals surface area contributed by atoms with Crippen LogP contribution in [0.5, 0.6) is 0 Å². The highest BCUT2D eigenvalue weighted by Crippen LogP contribution is 2.00. The van der Waals surface area contributed by atoms with Crippen molar-refractivity contribution in [1.29, 1.82) is 0 Å². The van der Waals surface area contributed by atoms with Crippen LogP contribution in [0.1, 0.15) is 13.8 Å². The number of rotatable bonds is 4. The van der Waals surface area contributed by atoms with Crippen molar-refractivity contribution in [2.24, 2.45) is 0 Å². The maximum atomic E-state index is 11.9. The van der Waals surface area contributed by atoms with Gasteiger partial charge in [-0.25, -0.2) is 0 Å². The van der Waals surface area contributed by atoms with Crippen LogP contribution in [0.4, 0.5) is 0 Å². The molecule has 0 saturated carbocycles. The maximum Gasteiger partial charge on any atom is 0.236 e. The summed E-state index contributed by atoms with van der Waals surface area (Å²) >= 11 is 0. The van der Waals surface area contributed by atoms with Gasteiger partial charge in [0.15, 0.2) is 0 Å². The van der Waals surface area contributed by atoms with E-state index in [2.05, 4.69) is 30.7 Å². The predicted octanol–water partition coefficient (Wildman–Crippen LogP) is 0.102. The third-order valence-electron chi connectivity index (χ3n) is 3.11. The van der Waals surface area contributed by atoms with E-state index in [1.54, 1.807) is 0 Å². The molecule has 0 unspecified atom stereocenters. The van der Waals surface area contributed by atoms with E-state index in [1.807, 2.05) is 4.90 Å². The first-order valence-electron chi connectivity index (χ1n) is 5.86. The van der Waals surface area contributed by atoms with E-state index < -0.39 is 0 Å². The molecule has 4 heteroatoms. The molecule has 1 saturated heterocycles. The third kappa shape index (κ3) is 3.80. The highest BCUT2D eigenvalue weighted by atomic mass is 16.2.